The Bertz CT molecular complexity index is 295. The number of anilines is 1. The number of rotatable bonds is 3. The van der Waals surface area contributed by atoms with Gasteiger partial charge < -0.3 is 10.4 Å². The second-order valence-electron chi connectivity index (χ2n) is 2.38. The van der Waals surface area contributed by atoms with E-state index >= 15 is 0 Å². The van der Waals surface area contributed by atoms with Crippen molar-refractivity contribution < 1.29 is 5.11 Å². The predicted molar refractivity (Wildman–Crippen MR) is 54.1 cm³/mol. The molecule has 0 saturated carbocycles. The summed E-state index contributed by atoms with van der Waals surface area (Å²) in [5, 5.41) is 12.7. The van der Waals surface area contributed by atoms with Crippen LogP contribution < -0.4 is 5.32 Å². The normalized spacial score (nSPS) is 12.6. The summed E-state index contributed by atoms with van der Waals surface area (Å²) in [5.74, 6) is 0.527. The number of hydrogen-bond donors (Lipinski definition) is 2. The van der Waals surface area contributed by atoms with Crippen LogP contribution in [-0.4, -0.2) is 27.6 Å². The van der Waals surface area contributed by atoms with Crippen molar-refractivity contribution in [3.8, 4) is 0 Å². The Morgan fingerprint density at radius 3 is 2.85 bits per heavy atom. The monoisotopic (exact) mass is 219 g/mol. The SMILES string of the molecule is CSc1nc(Cl)cc(NC(C)O)n1. The fourth-order valence-electron chi connectivity index (χ4n) is 0.776. The lowest BCUT2D eigenvalue weighted by atomic mass is 10.5. The molecule has 72 valence electrons. The first-order chi connectivity index (χ1) is 6.11. The Kier molecular flexibility index (Phi) is 3.77. The molecule has 0 aliphatic rings. The van der Waals surface area contributed by atoms with E-state index in [0.29, 0.717) is 16.1 Å². The van der Waals surface area contributed by atoms with Crippen LogP contribution in [0.5, 0.6) is 0 Å². The average Bonchev–Trinajstić information content (AvgIpc) is 2.01. The summed E-state index contributed by atoms with van der Waals surface area (Å²) in [7, 11) is 0. The lowest BCUT2D eigenvalue weighted by Gasteiger charge is -2.08. The maximum atomic E-state index is 9.04. The van der Waals surface area contributed by atoms with E-state index in [-0.39, 0.29) is 0 Å². The molecular weight excluding hydrogens is 210 g/mol. The fourth-order valence-corrected chi connectivity index (χ4v) is 1.39. The van der Waals surface area contributed by atoms with Gasteiger partial charge in [-0.25, -0.2) is 9.97 Å². The van der Waals surface area contributed by atoms with Crippen molar-refractivity contribution in [2.75, 3.05) is 11.6 Å². The minimum Gasteiger partial charge on any atom is -0.374 e. The van der Waals surface area contributed by atoms with E-state index in [1.54, 1.807) is 13.0 Å². The molecule has 4 nitrogen and oxygen atoms in total. The maximum absolute atomic E-state index is 9.04. The topological polar surface area (TPSA) is 58.0 Å². The van der Waals surface area contributed by atoms with E-state index in [1.807, 2.05) is 6.26 Å². The second-order valence-corrected chi connectivity index (χ2v) is 3.54. The van der Waals surface area contributed by atoms with Gasteiger partial charge in [0.2, 0.25) is 0 Å². The molecule has 1 unspecified atom stereocenters. The highest BCUT2D eigenvalue weighted by Crippen LogP contribution is 2.17. The van der Waals surface area contributed by atoms with Crippen LogP contribution in [0.3, 0.4) is 0 Å². The zero-order valence-corrected chi connectivity index (χ0v) is 8.85. The van der Waals surface area contributed by atoms with E-state index in [0.717, 1.165) is 0 Å². The lowest BCUT2D eigenvalue weighted by molar-refractivity contribution is 0.224. The van der Waals surface area contributed by atoms with Crippen molar-refractivity contribution in [2.24, 2.45) is 0 Å². The standard InChI is InChI=1S/C7H10ClN3OS/c1-4(12)9-6-3-5(8)10-7(11-6)13-2/h3-4,12H,1-2H3,(H,9,10,11). The van der Waals surface area contributed by atoms with Crippen molar-refractivity contribution in [1.29, 1.82) is 0 Å². The van der Waals surface area contributed by atoms with Crippen LogP contribution >= 0.6 is 23.4 Å². The molecule has 0 aliphatic heterocycles. The van der Waals surface area contributed by atoms with Gasteiger partial charge in [0, 0.05) is 6.07 Å². The molecule has 0 bridgehead atoms. The van der Waals surface area contributed by atoms with E-state index in [9.17, 15) is 0 Å². The van der Waals surface area contributed by atoms with Gasteiger partial charge >= 0.3 is 0 Å². The van der Waals surface area contributed by atoms with Gasteiger partial charge in [-0.05, 0) is 13.2 Å². The molecule has 0 radical (unpaired) electrons. The summed E-state index contributed by atoms with van der Waals surface area (Å²) in [6, 6.07) is 1.56. The quantitative estimate of drug-likeness (QED) is 0.350. The highest BCUT2D eigenvalue weighted by molar-refractivity contribution is 7.98. The number of halogens is 1. The summed E-state index contributed by atoms with van der Waals surface area (Å²) in [6.45, 7) is 1.61. The molecular formula is C7H10ClN3OS. The molecule has 0 amide bonds. The van der Waals surface area contributed by atoms with Crippen molar-refractivity contribution in [3.05, 3.63) is 11.2 Å². The maximum Gasteiger partial charge on any atom is 0.190 e. The highest BCUT2D eigenvalue weighted by Gasteiger charge is 2.03. The molecule has 1 atom stereocenters. The third-order valence-corrected chi connectivity index (χ3v) is 1.96. The Hall–Kier alpha value is -0.520. The van der Waals surface area contributed by atoms with Crippen LogP contribution in [0.4, 0.5) is 5.82 Å². The van der Waals surface area contributed by atoms with Gasteiger partial charge in [0.05, 0.1) is 0 Å². The van der Waals surface area contributed by atoms with E-state index in [2.05, 4.69) is 15.3 Å². The van der Waals surface area contributed by atoms with Crippen molar-refractivity contribution in [3.63, 3.8) is 0 Å². The van der Waals surface area contributed by atoms with Gasteiger partial charge in [-0.3, -0.25) is 0 Å². The third kappa shape index (κ3) is 3.38. The van der Waals surface area contributed by atoms with E-state index < -0.39 is 6.23 Å². The molecule has 13 heavy (non-hydrogen) atoms. The Balaban J connectivity index is 2.88. The van der Waals surface area contributed by atoms with E-state index in [4.69, 9.17) is 16.7 Å². The Morgan fingerprint density at radius 2 is 2.31 bits per heavy atom. The zero-order chi connectivity index (χ0) is 9.84. The van der Waals surface area contributed by atoms with Crippen molar-refractivity contribution >= 4 is 29.2 Å². The van der Waals surface area contributed by atoms with Crippen LogP contribution in [-0.2, 0) is 0 Å². The molecule has 0 spiro atoms. The summed E-state index contributed by atoms with van der Waals surface area (Å²) < 4.78 is 0. The molecule has 1 aromatic rings. The van der Waals surface area contributed by atoms with Gasteiger partial charge in [-0.15, -0.1) is 0 Å². The molecule has 0 aromatic carbocycles. The number of aliphatic hydroxyl groups is 1. The minimum absolute atomic E-state index is 0.363. The number of nitrogens with zero attached hydrogens (tertiary/aromatic N) is 2. The molecule has 1 heterocycles. The molecule has 1 rings (SSSR count). The number of hydrogen-bond acceptors (Lipinski definition) is 5. The smallest absolute Gasteiger partial charge is 0.190 e. The molecule has 6 heteroatoms. The Morgan fingerprint density at radius 1 is 1.62 bits per heavy atom. The number of thioether (sulfide) groups is 1. The molecule has 0 aliphatic carbocycles. The second kappa shape index (κ2) is 4.64. The van der Waals surface area contributed by atoms with Crippen molar-refractivity contribution in [2.45, 2.75) is 18.3 Å². The van der Waals surface area contributed by atoms with Gasteiger partial charge in [0.15, 0.2) is 5.16 Å². The van der Waals surface area contributed by atoms with Gasteiger partial charge in [0.1, 0.15) is 17.2 Å². The van der Waals surface area contributed by atoms with Crippen LogP contribution in [0.1, 0.15) is 6.92 Å². The first-order valence-electron chi connectivity index (χ1n) is 3.65. The fraction of sp³-hybridized carbons (Fsp3) is 0.429. The number of aromatic nitrogens is 2. The third-order valence-electron chi connectivity index (χ3n) is 1.21. The minimum atomic E-state index is -0.652. The lowest BCUT2D eigenvalue weighted by Crippen LogP contribution is -2.14. The molecule has 0 fully saturated rings. The molecule has 2 N–H and O–H groups in total. The van der Waals surface area contributed by atoms with Gasteiger partial charge in [0.25, 0.3) is 0 Å². The summed E-state index contributed by atoms with van der Waals surface area (Å²) in [5.41, 5.74) is 0. The first kappa shape index (κ1) is 10.6. The van der Waals surface area contributed by atoms with Gasteiger partial charge in [-0.1, -0.05) is 23.4 Å². The largest absolute Gasteiger partial charge is 0.374 e. The van der Waals surface area contributed by atoms with Crippen LogP contribution in [0.25, 0.3) is 0 Å². The number of nitrogens with one attached hydrogen (secondary N) is 1. The molecule has 0 saturated heterocycles. The van der Waals surface area contributed by atoms with Crippen LogP contribution in [0.15, 0.2) is 11.2 Å². The predicted octanol–water partition coefficient (Wildman–Crippen LogP) is 1.60. The summed E-state index contributed by atoms with van der Waals surface area (Å²) in [6.07, 6.45) is 1.21. The van der Waals surface area contributed by atoms with Crippen LogP contribution in [0, 0.1) is 0 Å². The summed E-state index contributed by atoms with van der Waals surface area (Å²) >= 11 is 7.12. The zero-order valence-electron chi connectivity index (χ0n) is 7.28. The number of aliphatic hydroxyl groups excluding tert-OH is 1. The summed E-state index contributed by atoms with van der Waals surface area (Å²) in [4.78, 5) is 8.04. The van der Waals surface area contributed by atoms with Crippen molar-refractivity contribution in [1.82, 2.24) is 9.97 Å². The van der Waals surface area contributed by atoms with E-state index in [1.165, 1.54) is 11.8 Å². The first-order valence-corrected chi connectivity index (χ1v) is 5.25. The Labute approximate surface area is 85.7 Å². The average molecular weight is 220 g/mol. The van der Waals surface area contributed by atoms with Gasteiger partial charge in [-0.2, -0.15) is 0 Å². The highest BCUT2D eigenvalue weighted by atomic mass is 35.5. The molecule has 1 aromatic heterocycles. The van der Waals surface area contributed by atoms with Crippen LogP contribution in [0.2, 0.25) is 5.15 Å².